The first-order valence-corrected chi connectivity index (χ1v) is 9.07. The molecule has 2 aromatic carbocycles. The SMILES string of the molecule is Cc1cccc(-n2nnnc2SCC(=O)Nc2ccc(F)c([N+](=O)[O-])c2)c1C. The third-order valence-corrected chi connectivity index (χ3v) is 4.92. The molecule has 0 saturated heterocycles. The second kappa shape index (κ2) is 8.13. The molecular formula is C17H15FN6O3S. The Labute approximate surface area is 163 Å². The van der Waals surface area contributed by atoms with Crippen molar-refractivity contribution in [2.24, 2.45) is 0 Å². The molecule has 1 aromatic heterocycles. The van der Waals surface area contributed by atoms with Gasteiger partial charge >= 0.3 is 5.69 Å². The van der Waals surface area contributed by atoms with Crippen LogP contribution in [0.3, 0.4) is 0 Å². The smallest absolute Gasteiger partial charge is 0.306 e. The molecule has 3 aromatic rings. The van der Waals surface area contributed by atoms with Crippen LogP contribution in [0.4, 0.5) is 15.8 Å². The number of benzene rings is 2. The molecule has 0 aliphatic carbocycles. The van der Waals surface area contributed by atoms with E-state index in [9.17, 15) is 19.3 Å². The number of tetrazole rings is 1. The van der Waals surface area contributed by atoms with Crippen molar-refractivity contribution in [3.63, 3.8) is 0 Å². The minimum absolute atomic E-state index is 0.0313. The highest BCUT2D eigenvalue weighted by atomic mass is 32.2. The molecule has 0 aliphatic rings. The fraction of sp³-hybridized carbons (Fsp3) is 0.176. The number of nitro groups is 1. The van der Waals surface area contributed by atoms with Crippen LogP contribution in [0.25, 0.3) is 5.69 Å². The molecule has 1 N–H and O–H groups in total. The van der Waals surface area contributed by atoms with Gasteiger partial charge in [-0.2, -0.15) is 9.07 Å². The monoisotopic (exact) mass is 402 g/mol. The first-order valence-electron chi connectivity index (χ1n) is 8.08. The van der Waals surface area contributed by atoms with Gasteiger partial charge < -0.3 is 5.32 Å². The molecule has 0 saturated carbocycles. The quantitative estimate of drug-likeness (QED) is 0.383. The maximum atomic E-state index is 13.4. The van der Waals surface area contributed by atoms with E-state index in [0.717, 1.165) is 40.7 Å². The number of carbonyl (C=O) groups excluding carboxylic acids is 1. The second-order valence-electron chi connectivity index (χ2n) is 5.85. The van der Waals surface area contributed by atoms with Gasteiger partial charge in [0.2, 0.25) is 16.9 Å². The molecular weight excluding hydrogens is 387 g/mol. The van der Waals surface area contributed by atoms with Crippen LogP contribution in [0.1, 0.15) is 11.1 Å². The van der Waals surface area contributed by atoms with Gasteiger partial charge in [0.15, 0.2) is 0 Å². The average Bonchev–Trinajstić information content (AvgIpc) is 3.12. The zero-order valence-electron chi connectivity index (χ0n) is 14.9. The first kappa shape index (κ1) is 19.4. The number of nitro benzene ring substituents is 1. The third-order valence-electron chi connectivity index (χ3n) is 4.00. The number of hydrogen-bond acceptors (Lipinski definition) is 7. The Kier molecular flexibility index (Phi) is 5.64. The first-order chi connectivity index (χ1) is 13.4. The van der Waals surface area contributed by atoms with Gasteiger partial charge in [0.25, 0.3) is 0 Å². The summed E-state index contributed by atoms with van der Waals surface area (Å²) in [4.78, 5) is 22.1. The van der Waals surface area contributed by atoms with Crippen molar-refractivity contribution in [1.82, 2.24) is 20.2 Å². The van der Waals surface area contributed by atoms with Crippen LogP contribution >= 0.6 is 11.8 Å². The van der Waals surface area contributed by atoms with Gasteiger partial charge in [0.1, 0.15) is 0 Å². The zero-order chi connectivity index (χ0) is 20.3. The van der Waals surface area contributed by atoms with E-state index < -0.39 is 22.3 Å². The van der Waals surface area contributed by atoms with Crippen LogP contribution in [0.5, 0.6) is 0 Å². The number of thioether (sulfide) groups is 1. The Bertz CT molecular complexity index is 1060. The second-order valence-corrected chi connectivity index (χ2v) is 6.79. The largest absolute Gasteiger partial charge is 0.325 e. The van der Waals surface area contributed by atoms with E-state index in [-0.39, 0.29) is 11.4 Å². The average molecular weight is 402 g/mol. The summed E-state index contributed by atoms with van der Waals surface area (Å²) in [5.74, 6) is -1.43. The van der Waals surface area contributed by atoms with Crippen molar-refractivity contribution in [3.05, 3.63) is 63.5 Å². The van der Waals surface area contributed by atoms with Crippen molar-refractivity contribution in [1.29, 1.82) is 0 Å². The summed E-state index contributed by atoms with van der Waals surface area (Å²) in [5.41, 5.74) is 2.33. The van der Waals surface area contributed by atoms with Gasteiger partial charge in [0.05, 0.1) is 16.4 Å². The number of hydrogen-bond donors (Lipinski definition) is 1. The molecule has 0 bridgehead atoms. The molecule has 0 unspecified atom stereocenters. The van der Waals surface area contributed by atoms with Crippen molar-refractivity contribution >= 4 is 29.0 Å². The Morgan fingerprint density at radius 3 is 2.86 bits per heavy atom. The Morgan fingerprint density at radius 1 is 1.32 bits per heavy atom. The molecule has 0 spiro atoms. The van der Waals surface area contributed by atoms with Crippen LogP contribution in [-0.4, -0.2) is 36.8 Å². The maximum Gasteiger partial charge on any atom is 0.306 e. The standard InChI is InChI=1S/C17H15FN6O3S/c1-10-4-3-5-14(11(10)2)23-17(20-21-22-23)28-9-16(25)19-12-6-7-13(18)15(8-12)24(26)27/h3-8H,9H2,1-2H3,(H,19,25). The minimum atomic E-state index is -0.968. The summed E-state index contributed by atoms with van der Waals surface area (Å²) in [6, 6.07) is 8.90. The summed E-state index contributed by atoms with van der Waals surface area (Å²) >= 11 is 1.11. The number of rotatable bonds is 6. The number of aryl methyl sites for hydroxylation is 1. The molecule has 0 fully saturated rings. The summed E-state index contributed by atoms with van der Waals surface area (Å²) in [7, 11) is 0. The van der Waals surface area contributed by atoms with E-state index in [1.807, 2.05) is 32.0 Å². The predicted molar refractivity (Wildman–Crippen MR) is 101 cm³/mol. The lowest BCUT2D eigenvalue weighted by Crippen LogP contribution is -2.15. The molecule has 11 heteroatoms. The Morgan fingerprint density at radius 2 is 2.11 bits per heavy atom. The molecule has 0 radical (unpaired) electrons. The van der Waals surface area contributed by atoms with Crippen molar-refractivity contribution in [2.75, 3.05) is 11.1 Å². The normalized spacial score (nSPS) is 10.7. The number of anilines is 1. The number of nitrogens with one attached hydrogen (secondary N) is 1. The fourth-order valence-corrected chi connectivity index (χ4v) is 3.13. The van der Waals surface area contributed by atoms with Crippen LogP contribution in [0.2, 0.25) is 0 Å². The van der Waals surface area contributed by atoms with Crippen molar-refractivity contribution in [3.8, 4) is 5.69 Å². The molecule has 144 valence electrons. The minimum Gasteiger partial charge on any atom is -0.325 e. The summed E-state index contributed by atoms with van der Waals surface area (Å²) in [6.45, 7) is 3.93. The van der Waals surface area contributed by atoms with Gasteiger partial charge in [-0.3, -0.25) is 14.9 Å². The molecule has 1 amide bonds. The van der Waals surface area contributed by atoms with Crippen LogP contribution in [0, 0.1) is 29.8 Å². The van der Waals surface area contributed by atoms with Crippen LogP contribution < -0.4 is 5.32 Å². The topological polar surface area (TPSA) is 116 Å². The lowest BCUT2D eigenvalue weighted by molar-refractivity contribution is -0.387. The molecule has 9 nitrogen and oxygen atoms in total. The summed E-state index contributed by atoms with van der Waals surface area (Å²) in [6.07, 6.45) is 0. The zero-order valence-corrected chi connectivity index (χ0v) is 15.7. The van der Waals surface area contributed by atoms with Crippen LogP contribution in [-0.2, 0) is 4.79 Å². The third kappa shape index (κ3) is 4.14. The molecule has 28 heavy (non-hydrogen) atoms. The molecule has 1 heterocycles. The van der Waals surface area contributed by atoms with E-state index in [2.05, 4.69) is 20.8 Å². The number of nitrogens with zero attached hydrogens (tertiary/aromatic N) is 5. The van der Waals surface area contributed by atoms with E-state index in [1.54, 1.807) is 4.68 Å². The van der Waals surface area contributed by atoms with E-state index >= 15 is 0 Å². The number of carbonyl (C=O) groups is 1. The summed E-state index contributed by atoms with van der Waals surface area (Å²) < 4.78 is 14.9. The molecule has 0 atom stereocenters. The number of halogens is 1. The van der Waals surface area contributed by atoms with Gasteiger partial charge in [0, 0.05) is 11.8 Å². The lowest BCUT2D eigenvalue weighted by Gasteiger charge is -2.09. The number of aromatic nitrogens is 4. The van der Waals surface area contributed by atoms with E-state index in [0.29, 0.717) is 5.16 Å². The Balaban J connectivity index is 1.70. The highest BCUT2D eigenvalue weighted by Gasteiger charge is 2.17. The van der Waals surface area contributed by atoms with Crippen molar-refractivity contribution < 1.29 is 14.1 Å². The molecule has 3 rings (SSSR count). The predicted octanol–water partition coefficient (Wildman–Crippen LogP) is 3.06. The van der Waals surface area contributed by atoms with Gasteiger partial charge in [-0.15, -0.1) is 5.10 Å². The van der Waals surface area contributed by atoms with Gasteiger partial charge in [-0.1, -0.05) is 23.9 Å². The highest BCUT2D eigenvalue weighted by molar-refractivity contribution is 7.99. The highest BCUT2D eigenvalue weighted by Crippen LogP contribution is 2.24. The maximum absolute atomic E-state index is 13.4. The van der Waals surface area contributed by atoms with Gasteiger partial charge in [-0.05, 0) is 53.6 Å². The molecule has 0 aliphatic heterocycles. The van der Waals surface area contributed by atoms with E-state index in [4.69, 9.17) is 0 Å². The Hall–Kier alpha value is -3.34. The lowest BCUT2D eigenvalue weighted by atomic mass is 10.1. The van der Waals surface area contributed by atoms with E-state index in [1.165, 1.54) is 6.07 Å². The van der Waals surface area contributed by atoms with Crippen molar-refractivity contribution in [2.45, 2.75) is 19.0 Å². The number of amides is 1. The van der Waals surface area contributed by atoms with Gasteiger partial charge in [-0.25, -0.2) is 0 Å². The summed E-state index contributed by atoms with van der Waals surface area (Å²) in [5, 5.41) is 25.3. The fourth-order valence-electron chi connectivity index (χ4n) is 2.44. The van der Waals surface area contributed by atoms with Crippen LogP contribution in [0.15, 0.2) is 41.6 Å².